The summed E-state index contributed by atoms with van der Waals surface area (Å²) in [7, 11) is 0.558. The van der Waals surface area contributed by atoms with Gasteiger partial charge < -0.3 is 4.18 Å². The topological polar surface area (TPSA) is 60.4 Å². The lowest BCUT2D eigenvalue weighted by Gasteiger charge is -2.07. The third kappa shape index (κ3) is 3.56. The van der Waals surface area contributed by atoms with Crippen molar-refractivity contribution in [2.24, 2.45) is 0 Å². The maximum absolute atomic E-state index is 11.8. The summed E-state index contributed by atoms with van der Waals surface area (Å²) >= 11 is 0. The molecule has 0 bridgehead atoms. The largest absolute Gasteiger partial charge is 0.404 e. The van der Waals surface area contributed by atoms with Gasteiger partial charge in [0.05, 0.1) is 16.2 Å². The number of hydrogen-bond donors (Lipinski definition) is 0. The predicted octanol–water partition coefficient (Wildman–Crippen LogP) is 2.99. The van der Waals surface area contributed by atoms with Gasteiger partial charge in [-0.2, -0.15) is 8.42 Å². The van der Waals surface area contributed by atoms with Gasteiger partial charge in [0.2, 0.25) is 0 Å². The Morgan fingerprint density at radius 1 is 0.947 bits per heavy atom. The van der Waals surface area contributed by atoms with Gasteiger partial charge in [0.25, 0.3) is 0 Å². The van der Waals surface area contributed by atoms with Crippen molar-refractivity contribution in [2.45, 2.75) is 0 Å². The van der Waals surface area contributed by atoms with Crippen LogP contribution in [0.3, 0.4) is 0 Å². The Hall–Kier alpha value is -1.85. The molecular weight excluding hydrogens is 288 g/mol. The minimum absolute atomic E-state index is 0.137. The Bertz CT molecular complexity index is 696. The van der Waals surface area contributed by atoms with Gasteiger partial charge in [0.1, 0.15) is 0 Å². The standard InChI is InChI=1S/C13H9ClO4S/c14-19(16,17)18-13(15)12-9-5-4-8-11(12)10-6-2-1-3-7-10/h1-9H. The highest BCUT2D eigenvalue weighted by atomic mass is 35.7. The smallest absolute Gasteiger partial charge is 0.330 e. The van der Waals surface area contributed by atoms with Crippen LogP contribution >= 0.6 is 10.7 Å². The van der Waals surface area contributed by atoms with Gasteiger partial charge in [-0.3, -0.25) is 0 Å². The van der Waals surface area contributed by atoms with Crippen LogP contribution < -0.4 is 0 Å². The lowest BCUT2D eigenvalue weighted by atomic mass is 10.00. The van der Waals surface area contributed by atoms with Crippen LogP contribution in [0.25, 0.3) is 11.1 Å². The first-order chi connectivity index (χ1) is 8.97. The summed E-state index contributed by atoms with van der Waals surface area (Å²) in [5, 5.41) is 0. The molecule has 2 rings (SSSR count). The molecule has 0 aliphatic rings. The second-order valence-corrected chi connectivity index (χ2v) is 5.76. The van der Waals surface area contributed by atoms with Crippen LogP contribution in [0.4, 0.5) is 0 Å². The molecule has 98 valence electrons. The van der Waals surface area contributed by atoms with Crippen LogP contribution in [0.2, 0.25) is 0 Å². The van der Waals surface area contributed by atoms with Gasteiger partial charge in [-0.15, -0.1) is 0 Å². The lowest BCUT2D eigenvalue weighted by Crippen LogP contribution is -2.09. The van der Waals surface area contributed by atoms with Crippen molar-refractivity contribution in [3.63, 3.8) is 0 Å². The second kappa shape index (κ2) is 5.42. The van der Waals surface area contributed by atoms with Gasteiger partial charge in [0.15, 0.2) is 0 Å². The van der Waals surface area contributed by atoms with E-state index in [-0.39, 0.29) is 5.56 Å². The average molecular weight is 297 g/mol. The van der Waals surface area contributed by atoms with Crippen molar-refractivity contribution in [1.29, 1.82) is 0 Å². The quantitative estimate of drug-likeness (QED) is 0.817. The first-order valence-corrected chi connectivity index (χ1v) is 7.54. The third-order valence-electron chi connectivity index (χ3n) is 2.41. The Balaban J connectivity index is 2.45. The number of carbonyl (C=O) groups is 1. The number of hydrogen-bond acceptors (Lipinski definition) is 4. The van der Waals surface area contributed by atoms with Crippen LogP contribution in [-0.4, -0.2) is 14.4 Å². The van der Waals surface area contributed by atoms with Crippen molar-refractivity contribution >= 4 is 26.0 Å². The molecule has 0 unspecified atom stereocenters. The monoisotopic (exact) mass is 296 g/mol. The molecular formula is C13H9ClO4S. The summed E-state index contributed by atoms with van der Waals surface area (Å²) in [5.41, 5.74) is 1.49. The highest BCUT2D eigenvalue weighted by molar-refractivity contribution is 8.10. The molecule has 0 saturated heterocycles. The molecule has 0 aliphatic carbocycles. The summed E-state index contributed by atoms with van der Waals surface area (Å²) in [6, 6.07) is 15.6. The fourth-order valence-electron chi connectivity index (χ4n) is 1.67. The van der Waals surface area contributed by atoms with Crippen LogP contribution in [0.1, 0.15) is 10.4 Å². The molecule has 0 saturated carbocycles. The summed E-state index contributed by atoms with van der Waals surface area (Å²) in [5.74, 6) is -1.01. The number of benzene rings is 2. The Morgan fingerprint density at radius 3 is 2.16 bits per heavy atom. The third-order valence-corrected chi connectivity index (χ3v) is 2.95. The van der Waals surface area contributed by atoms with E-state index in [9.17, 15) is 13.2 Å². The normalized spacial score (nSPS) is 11.0. The summed E-state index contributed by atoms with van der Waals surface area (Å²) in [4.78, 5) is 11.8. The molecule has 19 heavy (non-hydrogen) atoms. The van der Waals surface area contributed by atoms with Gasteiger partial charge in [-0.05, 0) is 17.2 Å². The fraction of sp³-hybridized carbons (Fsp3) is 0. The van der Waals surface area contributed by atoms with Crippen LogP contribution in [-0.2, 0) is 13.5 Å². The summed E-state index contributed by atoms with van der Waals surface area (Å²) in [6.07, 6.45) is 0. The van der Waals surface area contributed by atoms with Gasteiger partial charge in [0, 0.05) is 0 Å². The fourth-order valence-corrected chi connectivity index (χ4v) is 2.11. The number of carbonyl (C=O) groups excluding carboxylic acids is 1. The Labute approximate surface area is 115 Å². The molecule has 0 fully saturated rings. The van der Waals surface area contributed by atoms with E-state index in [1.165, 1.54) is 6.07 Å². The molecule has 0 heterocycles. The Morgan fingerprint density at radius 2 is 1.53 bits per heavy atom. The SMILES string of the molecule is O=C(OS(=O)(=O)Cl)c1ccccc1-c1ccccc1. The van der Waals surface area contributed by atoms with Crippen molar-refractivity contribution < 1.29 is 17.4 Å². The molecule has 6 heteroatoms. The minimum Gasteiger partial charge on any atom is -0.330 e. The number of halogens is 1. The predicted molar refractivity (Wildman–Crippen MR) is 72.1 cm³/mol. The molecule has 0 atom stereocenters. The average Bonchev–Trinajstić information content (AvgIpc) is 2.38. The van der Waals surface area contributed by atoms with E-state index in [0.717, 1.165) is 5.56 Å². The van der Waals surface area contributed by atoms with Crippen molar-refractivity contribution in [1.82, 2.24) is 0 Å². The van der Waals surface area contributed by atoms with Crippen LogP contribution in [0, 0.1) is 0 Å². The van der Waals surface area contributed by atoms with Gasteiger partial charge >= 0.3 is 15.3 Å². The van der Waals surface area contributed by atoms with E-state index in [2.05, 4.69) is 4.18 Å². The van der Waals surface area contributed by atoms with Gasteiger partial charge in [-0.25, -0.2) is 4.79 Å². The van der Waals surface area contributed by atoms with E-state index in [4.69, 9.17) is 10.7 Å². The number of rotatable bonds is 3. The van der Waals surface area contributed by atoms with E-state index >= 15 is 0 Å². The van der Waals surface area contributed by atoms with Crippen LogP contribution in [0.5, 0.6) is 0 Å². The minimum atomic E-state index is -4.35. The highest BCUT2D eigenvalue weighted by Crippen LogP contribution is 2.24. The first-order valence-electron chi connectivity index (χ1n) is 5.30. The molecule has 0 aliphatic heterocycles. The first kappa shape index (κ1) is 13.6. The maximum Gasteiger partial charge on any atom is 0.404 e. The zero-order valence-corrected chi connectivity index (χ0v) is 11.2. The molecule has 0 spiro atoms. The molecule has 0 radical (unpaired) electrons. The maximum atomic E-state index is 11.8. The van der Waals surface area contributed by atoms with E-state index < -0.39 is 15.3 Å². The molecule has 0 aromatic heterocycles. The molecule has 2 aromatic rings. The molecule has 2 aromatic carbocycles. The van der Waals surface area contributed by atoms with Crippen molar-refractivity contribution in [3.05, 3.63) is 60.2 Å². The zero-order valence-electron chi connectivity index (χ0n) is 9.62. The van der Waals surface area contributed by atoms with Gasteiger partial charge in [-0.1, -0.05) is 48.5 Å². The highest BCUT2D eigenvalue weighted by Gasteiger charge is 2.19. The lowest BCUT2D eigenvalue weighted by molar-refractivity contribution is 0.0752. The Kier molecular flexibility index (Phi) is 3.87. The van der Waals surface area contributed by atoms with Crippen molar-refractivity contribution in [3.8, 4) is 11.1 Å². The summed E-state index contributed by atoms with van der Waals surface area (Å²) < 4.78 is 25.8. The van der Waals surface area contributed by atoms with Crippen molar-refractivity contribution in [2.75, 3.05) is 0 Å². The zero-order chi connectivity index (χ0) is 13.9. The van der Waals surface area contributed by atoms with E-state index in [1.807, 2.05) is 18.2 Å². The molecule has 0 N–H and O–H groups in total. The second-order valence-electron chi connectivity index (χ2n) is 3.68. The molecule has 0 amide bonds. The molecule has 4 nitrogen and oxygen atoms in total. The summed E-state index contributed by atoms with van der Waals surface area (Å²) in [6.45, 7) is 0. The van der Waals surface area contributed by atoms with E-state index in [0.29, 0.717) is 5.56 Å². The van der Waals surface area contributed by atoms with Crippen LogP contribution in [0.15, 0.2) is 54.6 Å². The van der Waals surface area contributed by atoms with E-state index in [1.54, 1.807) is 30.3 Å².